The van der Waals surface area contributed by atoms with Crippen LogP contribution in [0.2, 0.25) is 0 Å². The lowest BCUT2D eigenvalue weighted by molar-refractivity contribution is -0.173. The standard InChI is InChI=1S/C21H24N2O3/c22-11-15-4-3-14-9-17-21(26)6-5-16(24)10-20(21,18(14)19(15)25)7-8-23(17)12-13-1-2-13/h3-4,13,17,25-26H,1-2,5-10,12H2/t17-,20-,21-/m1/s1. The van der Waals surface area contributed by atoms with Crippen molar-refractivity contribution >= 4 is 5.78 Å². The molecule has 1 aromatic rings. The summed E-state index contributed by atoms with van der Waals surface area (Å²) >= 11 is 0. The number of Topliss-reactive ketones (excluding diaryl/α,β-unsaturated/α-hetero) is 1. The molecule has 4 aliphatic rings. The van der Waals surface area contributed by atoms with Crippen LogP contribution in [0.4, 0.5) is 0 Å². The van der Waals surface area contributed by atoms with Gasteiger partial charge in [-0.2, -0.15) is 5.26 Å². The minimum atomic E-state index is -1.01. The Bertz CT molecular complexity index is 840. The Morgan fingerprint density at radius 3 is 2.85 bits per heavy atom. The first kappa shape index (κ1) is 16.3. The van der Waals surface area contributed by atoms with Crippen LogP contribution in [0.25, 0.3) is 0 Å². The number of carbonyl (C=O) groups excluding carboxylic acids is 1. The summed E-state index contributed by atoms with van der Waals surface area (Å²) in [6, 6.07) is 5.63. The number of likely N-dealkylation sites (tertiary alicyclic amines) is 1. The largest absolute Gasteiger partial charge is 0.506 e. The molecular weight excluding hydrogens is 328 g/mol. The highest BCUT2D eigenvalue weighted by atomic mass is 16.3. The molecule has 26 heavy (non-hydrogen) atoms. The lowest BCUT2D eigenvalue weighted by Crippen LogP contribution is -2.73. The number of phenolic OH excluding ortho intramolecular Hbond substituents is 1. The van der Waals surface area contributed by atoms with Gasteiger partial charge < -0.3 is 10.2 Å². The molecule has 1 aliphatic heterocycles. The van der Waals surface area contributed by atoms with Crippen LogP contribution in [0.3, 0.4) is 0 Å². The molecule has 3 atom stereocenters. The summed E-state index contributed by atoms with van der Waals surface area (Å²) in [6.07, 6.45) is 5.00. The van der Waals surface area contributed by atoms with Gasteiger partial charge in [-0.15, -0.1) is 0 Å². The number of aromatic hydroxyl groups is 1. The number of phenols is 1. The predicted octanol–water partition coefficient (Wildman–Crippen LogP) is 2.03. The number of ketones is 1. The van der Waals surface area contributed by atoms with Gasteiger partial charge in [0.2, 0.25) is 0 Å². The summed E-state index contributed by atoms with van der Waals surface area (Å²) in [5, 5.41) is 32.1. The Morgan fingerprint density at radius 2 is 2.12 bits per heavy atom. The van der Waals surface area contributed by atoms with Gasteiger partial charge in [0.1, 0.15) is 17.6 Å². The van der Waals surface area contributed by atoms with Gasteiger partial charge in [-0.05, 0) is 56.2 Å². The third-order valence-corrected chi connectivity index (χ3v) is 7.40. The maximum Gasteiger partial charge on any atom is 0.137 e. The van der Waals surface area contributed by atoms with E-state index in [9.17, 15) is 20.3 Å². The van der Waals surface area contributed by atoms with Crippen LogP contribution >= 0.6 is 0 Å². The maximum atomic E-state index is 12.4. The van der Waals surface area contributed by atoms with Gasteiger partial charge in [0, 0.05) is 36.4 Å². The van der Waals surface area contributed by atoms with Crippen LogP contribution in [0, 0.1) is 17.2 Å². The van der Waals surface area contributed by atoms with Crippen molar-refractivity contribution in [2.24, 2.45) is 5.92 Å². The van der Waals surface area contributed by atoms with E-state index in [0.29, 0.717) is 31.2 Å². The van der Waals surface area contributed by atoms with Crippen molar-refractivity contribution in [2.75, 3.05) is 13.1 Å². The van der Waals surface area contributed by atoms with E-state index in [-0.39, 0.29) is 29.6 Å². The van der Waals surface area contributed by atoms with Crippen molar-refractivity contribution in [1.29, 1.82) is 5.26 Å². The van der Waals surface area contributed by atoms with Crippen LogP contribution in [0.15, 0.2) is 12.1 Å². The maximum absolute atomic E-state index is 12.4. The molecule has 1 aromatic carbocycles. The minimum absolute atomic E-state index is 0.00946. The number of piperidine rings is 1. The molecule has 0 aromatic heterocycles. The molecular formula is C21H24N2O3. The molecule has 0 amide bonds. The highest BCUT2D eigenvalue weighted by Crippen LogP contribution is 2.60. The molecule has 2 N–H and O–H groups in total. The number of hydrogen-bond donors (Lipinski definition) is 2. The molecule has 2 saturated carbocycles. The first-order valence-electron chi connectivity index (χ1n) is 9.72. The van der Waals surface area contributed by atoms with E-state index in [2.05, 4.69) is 11.0 Å². The van der Waals surface area contributed by atoms with Crippen LogP contribution in [-0.2, 0) is 16.6 Å². The van der Waals surface area contributed by atoms with Crippen LogP contribution in [0.5, 0.6) is 5.75 Å². The number of carbonyl (C=O) groups is 1. The summed E-state index contributed by atoms with van der Waals surface area (Å²) in [4.78, 5) is 14.9. The smallest absolute Gasteiger partial charge is 0.137 e. The molecule has 136 valence electrons. The van der Waals surface area contributed by atoms with E-state index in [4.69, 9.17) is 0 Å². The number of fused-ring (bicyclic) bond motifs is 1. The zero-order valence-corrected chi connectivity index (χ0v) is 14.9. The lowest BCUT2D eigenvalue weighted by atomic mass is 9.49. The summed E-state index contributed by atoms with van der Waals surface area (Å²) in [5.74, 6) is 0.873. The summed E-state index contributed by atoms with van der Waals surface area (Å²) < 4.78 is 0. The predicted molar refractivity (Wildman–Crippen MR) is 94.7 cm³/mol. The van der Waals surface area contributed by atoms with E-state index in [0.717, 1.165) is 24.6 Å². The van der Waals surface area contributed by atoms with Gasteiger partial charge in [0.15, 0.2) is 0 Å². The molecule has 0 spiro atoms. The molecule has 5 nitrogen and oxygen atoms in total. The van der Waals surface area contributed by atoms with Crippen molar-refractivity contribution in [3.05, 3.63) is 28.8 Å². The Hall–Kier alpha value is -1.90. The number of hydrogen-bond acceptors (Lipinski definition) is 5. The minimum Gasteiger partial charge on any atom is -0.506 e. The monoisotopic (exact) mass is 352 g/mol. The fourth-order valence-corrected chi connectivity index (χ4v) is 5.94. The lowest BCUT2D eigenvalue weighted by Gasteiger charge is -2.63. The fourth-order valence-electron chi connectivity index (χ4n) is 5.94. The Kier molecular flexibility index (Phi) is 3.33. The second kappa shape index (κ2) is 5.31. The zero-order chi connectivity index (χ0) is 18.1. The average Bonchev–Trinajstić information content (AvgIpc) is 3.42. The van der Waals surface area contributed by atoms with E-state index in [1.807, 2.05) is 6.07 Å². The summed E-state index contributed by atoms with van der Waals surface area (Å²) in [6.45, 7) is 1.86. The second-order valence-corrected chi connectivity index (χ2v) is 8.74. The fraction of sp³-hybridized carbons (Fsp3) is 0.619. The molecule has 0 unspecified atom stereocenters. The highest BCUT2D eigenvalue weighted by molar-refractivity contribution is 5.83. The van der Waals surface area contributed by atoms with Crippen LogP contribution < -0.4 is 0 Å². The average molecular weight is 352 g/mol. The van der Waals surface area contributed by atoms with Crippen molar-refractivity contribution in [3.8, 4) is 11.8 Å². The van der Waals surface area contributed by atoms with Gasteiger partial charge in [0.05, 0.1) is 11.2 Å². The number of rotatable bonds is 2. The molecule has 2 bridgehead atoms. The molecule has 3 aliphatic carbocycles. The zero-order valence-electron chi connectivity index (χ0n) is 14.9. The van der Waals surface area contributed by atoms with E-state index >= 15 is 0 Å². The quantitative estimate of drug-likeness (QED) is 0.851. The second-order valence-electron chi connectivity index (χ2n) is 8.74. The third kappa shape index (κ3) is 2.00. The first-order valence-corrected chi connectivity index (χ1v) is 9.72. The topological polar surface area (TPSA) is 84.6 Å². The van der Waals surface area contributed by atoms with Gasteiger partial charge in [-0.1, -0.05) is 6.07 Å². The van der Waals surface area contributed by atoms with Crippen molar-refractivity contribution in [1.82, 2.24) is 4.90 Å². The molecule has 3 fully saturated rings. The van der Waals surface area contributed by atoms with Gasteiger partial charge >= 0.3 is 0 Å². The summed E-state index contributed by atoms with van der Waals surface area (Å²) in [7, 11) is 0. The number of nitrogens with zero attached hydrogens (tertiary/aromatic N) is 2. The van der Waals surface area contributed by atoms with Crippen molar-refractivity contribution in [2.45, 2.75) is 62.0 Å². The Balaban J connectivity index is 1.70. The number of benzene rings is 1. The van der Waals surface area contributed by atoms with E-state index in [1.165, 1.54) is 12.8 Å². The summed E-state index contributed by atoms with van der Waals surface area (Å²) in [5.41, 5.74) is 0.141. The Labute approximate surface area is 153 Å². The van der Waals surface area contributed by atoms with Gasteiger partial charge in [0.25, 0.3) is 0 Å². The Morgan fingerprint density at radius 1 is 1.31 bits per heavy atom. The molecule has 5 rings (SSSR count). The third-order valence-electron chi connectivity index (χ3n) is 7.40. The van der Waals surface area contributed by atoms with Crippen molar-refractivity contribution < 1.29 is 15.0 Å². The van der Waals surface area contributed by atoms with Crippen molar-refractivity contribution in [3.63, 3.8) is 0 Å². The van der Waals surface area contributed by atoms with Gasteiger partial charge in [-0.3, -0.25) is 9.69 Å². The van der Waals surface area contributed by atoms with Crippen LogP contribution in [-0.4, -0.2) is 45.6 Å². The SMILES string of the molecule is N#Cc1ccc2c(c1O)[C@]13CCN(CC4CC4)[C@H](C2)[C@]1(O)CCC(=O)C3. The van der Waals surface area contributed by atoms with Crippen LogP contribution in [0.1, 0.15) is 55.2 Å². The number of aliphatic hydroxyl groups is 1. The molecule has 0 radical (unpaired) electrons. The van der Waals surface area contributed by atoms with E-state index in [1.54, 1.807) is 6.07 Å². The van der Waals surface area contributed by atoms with E-state index < -0.39 is 11.0 Å². The molecule has 5 heteroatoms. The highest BCUT2D eigenvalue weighted by Gasteiger charge is 2.65. The molecule has 1 heterocycles. The molecule has 1 saturated heterocycles. The van der Waals surface area contributed by atoms with Gasteiger partial charge in [-0.25, -0.2) is 0 Å². The normalized spacial score (nSPS) is 36.2. The number of nitriles is 1. The first-order chi connectivity index (χ1) is 12.5.